The number of carbonyl (C=O) groups is 3. The van der Waals surface area contributed by atoms with Crippen molar-refractivity contribution in [2.24, 2.45) is 5.92 Å². The molecule has 1 aromatic rings. The largest absolute Gasteiger partial charge is 0.444 e. The van der Waals surface area contributed by atoms with E-state index in [0.717, 1.165) is 44.9 Å². The van der Waals surface area contributed by atoms with Crippen molar-refractivity contribution in [2.75, 3.05) is 13.1 Å². The molecule has 3 amide bonds. The Morgan fingerprint density at radius 1 is 0.974 bits per heavy atom. The van der Waals surface area contributed by atoms with Crippen LogP contribution in [0.1, 0.15) is 111 Å². The van der Waals surface area contributed by atoms with Gasteiger partial charge < -0.3 is 20.3 Å². The van der Waals surface area contributed by atoms with Gasteiger partial charge in [0.05, 0.1) is 0 Å². The van der Waals surface area contributed by atoms with E-state index >= 15 is 0 Å². The smallest absolute Gasteiger partial charge is 0.408 e. The molecule has 0 aromatic heterocycles. The summed E-state index contributed by atoms with van der Waals surface area (Å²) in [4.78, 5) is 42.0. The van der Waals surface area contributed by atoms with Gasteiger partial charge in [-0.15, -0.1) is 6.42 Å². The number of amides is 3. The van der Waals surface area contributed by atoms with Crippen LogP contribution in [-0.2, 0) is 14.3 Å². The Labute approximate surface area is 230 Å². The maximum absolute atomic E-state index is 14.1. The molecule has 0 bridgehead atoms. The average Bonchev–Trinajstić information content (AvgIpc) is 2.85. The van der Waals surface area contributed by atoms with Crippen molar-refractivity contribution in [1.29, 1.82) is 0 Å². The number of unbranched alkanes of at least 4 members (excludes halogenated alkanes) is 5. The number of alkyl carbamates (subject to hydrolysis) is 1. The van der Waals surface area contributed by atoms with Crippen molar-refractivity contribution < 1.29 is 19.1 Å². The van der Waals surface area contributed by atoms with Gasteiger partial charge in [-0.05, 0) is 57.2 Å². The predicted molar refractivity (Wildman–Crippen MR) is 154 cm³/mol. The third-order valence-electron chi connectivity index (χ3n) is 6.17. The fraction of sp³-hybridized carbons (Fsp3) is 0.645. The highest BCUT2D eigenvalue weighted by molar-refractivity contribution is 5.92. The summed E-state index contributed by atoms with van der Waals surface area (Å²) in [6.45, 7) is 14.2. The molecule has 0 fully saturated rings. The van der Waals surface area contributed by atoms with Crippen LogP contribution in [0.15, 0.2) is 24.3 Å². The number of hydrogen-bond acceptors (Lipinski definition) is 4. The lowest BCUT2D eigenvalue weighted by atomic mass is 9.97. The number of hydrogen-bond donors (Lipinski definition) is 2. The van der Waals surface area contributed by atoms with E-state index < -0.39 is 23.8 Å². The fourth-order valence-electron chi connectivity index (χ4n) is 4.12. The Kier molecular flexibility index (Phi) is 14.6. The molecule has 0 radical (unpaired) electrons. The highest BCUT2D eigenvalue weighted by Crippen LogP contribution is 2.25. The van der Waals surface area contributed by atoms with E-state index in [2.05, 4.69) is 30.4 Å². The van der Waals surface area contributed by atoms with E-state index in [1.807, 2.05) is 26.0 Å². The molecule has 212 valence electrons. The van der Waals surface area contributed by atoms with Gasteiger partial charge in [-0.1, -0.05) is 77.9 Å². The van der Waals surface area contributed by atoms with Crippen LogP contribution in [0.2, 0.25) is 0 Å². The Bertz CT molecular complexity index is 913. The Hall–Kier alpha value is -3.01. The molecule has 0 spiro atoms. The molecular weight excluding hydrogens is 478 g/mol. The molecule has 0 heterocycles. The summed E-state index contributed by atoms with van der Waals surface area (Å²) in [5.41, 5.74) is 0.678. The highest BCUT2D eigenvalue weighted by Gasteiger charge is 2.37. The second-order valence-corrected chi connectivity index (χ2v) is 11.1. The summed E-state index contributed by atoms with van der Waals surface area (Å²) in [7, 11) is 0. The zero-order chi connectivity index (χ0) is 28.7. The number of nitrogens with one attached hydrogen (secondary N) is 2. The van der Waals surface area contributed by atoms with Crippen molar-refractivity contribution >= 4 is 17.9 Å². The first-order valence-electron chi connectivity index (χ1n) is 14.1. The van der Waals surface area contributed by atoms with Crippen LogP contribution in [0.4, 0.5) is 4.79 Å². The molecule has 0 saturated heterocycles. The lowest BCUT2D eigenvalue weighted by Gasteiger charge is -2.35. The van der Waals surface area contributed by atoms with Gasteiger partial charge in [0.2, 0.25) is 11.8 Å². The molecule has 2 unspecified atom stereocenters. The number of terminal acetylenes is 1. The van der Waals surface area contributed by atoms with Gasteiger partial charge in [-0.2, -0.15) is 0 Å². The van der Waals surface area contributed by atoms with Crippen molar-refractivity contribution in [3.63, 3.8) is 0 Å². The van der Waals surface area contributed by atoms with E-state index in [1.165, 1.54) is 0 Å². The molecule has 38 heavy (non-hydrogen) atoms. The maximum Gasteiger partial charge on any atom is 0.408 e. The van der Waals surface area contributed by atoms with Crippen molar-refractivity contribution in [1.82, 2.24) is 15.5 Å². The number of benzene rings is 1. The summed E-state index contributed by atoms with van der Waals surface area (Å²) in [6.07, 6.45) is 11.6. The maximum atomic E-state index is 14.1. The van der Waals surface area contributed by atoms with Crippen LogP contribution < -0.4 is 10.6 Å². The van der Waals surface area contributed by atoms with Crippen LogP contribution in [0.25, 0.3) is 0 Å². The number of rotatable bonds is 15. The molecule has 7 nitrogen and oxygen atoms in total. The zero-order valence-electron chi connectivity index (χ0n) is 24.6. The first-order valence-corrected chi connectivity index (χ1v) is 14.1. The highest BCUT2D eigenvalue weighted by atomic mass is 16.6. The molecule has 1 rings (SSSR count). The Balaban J connectivity index is 3.42. The monoisotopic (exact) mass is 527 g/mol. The van der Waals surface area contributed by atoms with E-state index in [1.54, 1.807) is 37.8 Å². The minimum Gasteiger partial charge on any atom is -0.444 e. The molecule has 1 aromatic carbocycles. The van der Waals surface area contributed by atoms with Gasteiger partial charge in [-0.3, -0.25) is 9.59 Å². The van der Waals surface area contributed by atoms with E-state index in [-0.39, 0.29) is 17.7 Å². The summed E-state index contributed by atoms with van der Waals surface area (Å²) in [5.74, 6) is 1.84. The minimum absolute atomic E-state index is 0.217. The van der Waals surface area contributed by atoms with Crippen LogP contribution in [0.3, 0.4) is 0 Å². The van der Waals surface area contributed by atoms with E-state index in [0.29, 0.717) is 24.2 Å². The zero-order valence-corrected chi connectivity index (χ0v) is 24.6. The van der Waals surface area contributed by atoms with Crippen molar-refractivity contribution in [3.05, 3.63) is 35.4 Å². The van der Waals surface area contributed by atoms with E-state index in [9.17, 15) is 14.4 Å². The average molecular weight is 528 g/mol. The molecule has 0 aliphatic carbocycles. The van der Waals surface area contributed by atoms with Gasteiger partial charge in [0.1, 0.15) is 17.7 Å². The van der Waals surface area contributed by atoms with Crippen molar-refractivity contribution in [2.45, 2.75) is 111 Å². The molecule has 2 atom stereocenters. The third-order valence-corrected chi connectivity index (χ3v) is 6.17. The summed E-state index contributed by atoms with van der Waals surface area (Å²) >= 11 is 0. The Morgan fingerprint density at radius 3 is 2.11 bits per heavy atom. The van der Waals surface area contributed by atoms with Gasteiger partial charge in [0.25, 0.3) is 0 Å². The second-order valence-electron chi connectivity index (χ2n) is 11.1. The number of ether oxygens (including phenoxy) is 1. The van der Waals surface area contributed by atoms with Crippen molar-refractivity contribution in [3.8, 4) is 12.3 Å². The standard InChI is InChI=1S/C31H49N3O4/c1-9-12-14-16-22-34(29(36)26(23(4)5)33-30(37)38-31(6,7)8)27(28(35)32-21-15-13-10-2)25-19-17-24(11-3)18-20-25/h3,17-20,23,26-27H,9-10,12-16,21-22H2,1-2,4-8H3,(H,32,35)(H,33,37). The topological polar surface area (TPSA) is 87.7 Å². The summed E-state index contributed by atoms with van der Waals surface area (Å²) < 4.78 is 5.44. The van der Waals surface area contributed by atoms with E-state index in [4.69, 9.17) is 11.2 Å². The lowest BCUT2D eigenvalue weighted by Crippen LogP contribution is -2.55. The number of nitrogens with zero attached hydrogens (tertiary/aromatic N) is 1. The molecular formula is C31H49N3O4. The lowest BCUT2D eigenvalue weighted by molar-refractivity contribution is -0.143. The third kappa shape index (κ3) is 11.6. The van der Waals surface area contributed by atoms with Crippen LogP contribution in [0.5, 0.6) is 0 Å². The quantitative estimate of drug-likeness (QED) is 0.217. The first kappa shape index (κ1) is 33.0. The van der Waals surface area contributed by atoms with Crippen LogP contribution >= 0.6 is 0 Å². The Morgan fingerprint density at radius 2 is 1.58 bits per heavy atom. The predicted octanol–water partition coefficient (Wildman–Crippen LogP) is 5.97. The summed E-state index contributed by atoms with van der Waals surface area (Å²) in [5, 5.41) is 5.80. The minimum atomic E-state index is -0.851. The normalized spacial score (nSPS) is 12.8. The molecule has 0 aliphatic rings. The molecule has 7 heteroatoms. The van der Waals surface area contributed by atoms with Gasteiger partial charge in [-0.25, -0.2) is 4.79 Å². The van der Waals surface area contributed by atoms with Gasteiger partial charge >= 0.3 is 6.09 Å². The SMILES string of the molecule is C#Cc1ccc(C(C(=O)NCCCCC)N(CCCCCC)C(=O)C(NC(=O)OC(C)(C)C)C(C)C)cc1. The first-order chi connectivity index (χ1) is 17.9. The molecule has 2 N–H and O–H groups in total. The second kappa shape index (κ2) is 16.8. The van der Waals surface area contributed by atoms with Gasteiger partial charge in [0, 0.05) is 18.7 Å². The van der Waals surface area contributed by atoms with Gasteiger partial charge in [0.15, 0.2) is 0 Å². The summed E-state index contributed by atoms with van der Waals surface area (Å²) in [6, 6.07) is 5.49. The molecule has 0 saturated carbocycles. The fourth-order valence-corrected chi connectivity index (χ4v) is 4.12. The molecule has 0 aliphatic heterocycles. The number of carbonyl (C=O) groups excluding carboxylic acids is 3. The van der Waals surface area contributed by atoms with Crippen LogP contribution in [-0.4, -0.2) is 47.5 Å². The van der Waals surface area contributed by atoms with Crippen LogP contribution in [0, 0.1) is 18.3 Å².